The zero-order valence-corrected chi connectivity index (χ0v) is 23.7. The maximum Gasteiger partial charge on any atom is 0.322 e. The molecule has 0 saturated carbocycles. The lowest BCUT2D eigenvalue weighted by molar-refractivity contribution is -0.116. The number of anilines is 2. The van der Waals surface area contributed by atoms with Gasteiger partial charge in [-0.2, -0.15) is 5.10 Å². The van der Waals surface area contributed by atoms with Gasteiger partial charge in [0, 0.05) is 12.1 Å². The molecule has 0 atom stereocenters. The summed E-state index contributed by atoms with van der Waals surface area (Å²) in [5.41, 5.74) is 4.84. The molecule has 2 N–H and O–H groups in total. The third-order valence-electron chi connectivity index (χ3n) is 6.26. The topological polar surface area (TPSA) is 79.3 Å². The number of amides is 3. The molecule has 39 heavy (non-hydrogen) atoms. The number of hydrogen-bond acceptors (Lipinski definition) is 3. The van der Waals surface area contributed by atoms with E-state index in [4.69, 9.17) is 28.3 Å². The molecule has 4 aromatic rings. The second-order valence-electron chi connectivity index (χ2n) is 9.28. The number of carbonyl (C=O) groups excluding carboxylic acids is 2. The van der Waals surface area contributed by atoms with Gasteiger partial charge in [0.05, 0.1) is 27.1 Å². The quantitative estimate of drug-likeness (QED) is 0.218. The van der Waals surface area contributed by atoms with E-state index in [2.05, 4.69) is 10.6 Å². The molecule has 0 aliphatic rings. The van der Waals surface area contributed by atoms with Crippen molar-refractivity contribution in [2.75, 3.05) is 23.7 Å². The van der Waals surface area contributed by atoms with Crippen LogP contribution in [0.3, 0.4) is 0 Å². The number of halogens is 2. The van der Waals surface area contributed by atoms with Gasteiger partial charge in [-0.3, -0.25) is 4.79 Å². The molecular formula is C30H31Cl2N5O2. The lowest BCUT2D eigenvalue weighted by Crippen LogP contribution is -2.41. The third kappa shape index (κ3) is 6.80. The molecule has 0 spiro atoms. The first-order chi connectivity index (χ1) is 18.8. The number of benzene rings is 3. The Kier molecular flexibility index (Phi) is 9.28. The number of urea groups is 1. The van der Waals surface area contributed by atoms with E-state index < -0.39 is 6.03 Å². The normalized spacial score (nSPS) is 10.8. The standard InChI is InChI=1S/C30H31Cl2N5O2/c1-4-5-18-36(30(39)33-25-13-9-12-24(31)28(25)32)19-26(38)34-29-27(22-10-7-6-8-11-22)21(3)35-37(29)23-16-14-20(2)15-17-23/h6-17H,4-5,18-19H2,1-3H3,(H,33,39)(H,34,38). The molecular weight excluding hydrogens is 533 g/mol. The molecule has 9 heteroatoms. The summed E-state index contributed by atoms with van der Waals surface area (Å²) < 4.78 is 1.73. The number of unbranched alkanes of at least 4 members (excludes halogenated alkanes) is 1. The van der Waals surface area contributed by atoms with Crippen LogP contribution < -0.4 is 10.6 Å². The van der Waals surface area contributed by atoms with Gasteiger partial charge in [-0.15, -0.1) is 0 Å². The molecule has 3 amide bonds. The minimum atomic E-state index is -0.436. The highest BCUT2D eigenvalue weighted by Gasteiger charge is 2.23. The SMILES string of the molecule is CCCCN(CC(=O)Nc1c(-c2ccccc2)c(C)nn1-c1ccc(C)cc1)C(=O)Nc1cccc(Cl)c1Cl. The van der Waals surface area contributed by atoms with Gasteiger partial charge in [0.15, 0.2) is 0 Å². The van der Waals surface area contributed by atoms with Gasteiger partial charge >= 0.3 is 6.03 Å². The summed E-state index contributed by atoms with van der Waals surface area (Å²) in [4.78, 5) is 28.1. The Morgan fingerprint density at radius 2 is 1.64 bits per heavy atom. The van der Waals surface area contributed by atoms with Crippen LogP contribution in [0.25, 0.3) is 16.8 Å². The maximum absolute atomic E-state index is 13.5. The highest BCUT2D eigenvalue weighted by Crippen LogP contribution is 2.34. The molecule has 0 aliphatic carbocycles. The van der Waals surface area contributed by atoms with E-state index in [9.17, 15) is 9.59 Å². The smallest absolute Gasteiger partial charge is 0.315 e. The number of nitrogens with zero attached hydrogens (tertiary/aromatic N) is 3. The minimum absolute atomic E-state index is 0.156. The zero-order chi connectivity index (χ0) is 27.9. The van der Waals surface area contributed by atoms with Crippen molar-refractivity contribution in [3.8, 4) is 16.8 Å². The second-order valence-corrected chi connectivity index (χ2v) is 10.1. The molecule has 1 aromatic heterocycles. The molecule has 0 unspecified atom stereocenters. The molecule has 0 bridgehead atoms. The Bertz CT molecular complexity index is 1450. The number of aromatic nitrogens is 2. The van der Waals surface area contributed by atoms with Crippen LogP contribution in [-0.4, -0.2) is 39.7 Å². The summed E-state index contributed by atoms with van der Waals surface area (Å²) in [6.45, 7) is 6.20. The van der Waals surface area contributed by atoms with E-state index in [1.807, 2.05) is 75.4 Å². The fourth-order valence-electron chi connectivity index (χ4n) is 4.21. The number of nitrogens with one attached hydrogen (secondary N) is 2. The van der Waals surface area contributed by atoms with Crippen LogP contribution in [0, 0.1) is 13.8 Å². The van der Waals surface area contributed by atoms with Gasteiger partial charge < -0.3 is 15.5 Å². The summed E-state index contributed by atoms with van der Waals surface area (Å²) in [6, 6.07) is 22.3. The van der Waals surface area contributed by atoms with E-state index in [1.54, 1.807) is 22.9 Å². The van der Waals surface area contributed by atoms with Crippen LogP contribution in [0.1, 0.15) is 31.0 Å². The summed E-state index contributed by atoms with van der Waals surface area (Å²) in [7, 11) is 0. The number of rotatable bonds is 9. The van der Waals surface area contributed by atoms with Crippen molar-refractivity contribution in [2.24, 2.45) is 0 Å². The summed E-state index contributed by atoms with van der Waals surface area (Å²) in [6.07, 6.45) is 1.60. The Hall–Kier alpha value is -3.81. The Morgan fingerprint density at radius 3 is 2.33 bits per heavy atom. The first kappa shape index (κ1) is 28.2. The molecule has 1 heterocycles. The fourth-order valence-corrected chi connectivity index (χ4v) is 4.55. The largest absolute Gasteiger partial charge is 0.322 e. The lowest BCUT2D eigenvalue weighted by Gasteiger charge is -2.23. The highest BCUT2D eigenvalue weighted by molar-refractivity contribution is 6.44. The molecule has 3 aromatic carbocycles. The van der Waals surface area contributed by atoms with Gasteiger partial charge in [0.2, 0.25) is 5.91 Å². The van der Waals surface area contributed by atoms with Crippen molar-refractivity contribution in [3.05, 3.63) is 94.1 Å². The average Bonchev–Trinajstić information content (AvgIpc) is 3.25. The van der Waals surface area contributed by atoms with Crippen LogP contribution >= 0.6 is 23.2 Å². The molecule has 0 aliphatic heterocycles. The van der Waals surface area contributed by atoms with Crippen molar-refractivity contribution in [3.63, 3.8) is 0 Å². The maximum atomic E-state index is 13.5. The number of hydrogen-bond donors (Lipinski definition) is 2. The number of aryl methyl sites for hydroxylation is 2. The first-order valence-corrected chi connectivity index (χ1v) is 13.6. The van der Waals surface area contributed by atoms with Crippen LogP contribution in [0.2, 0.25) is 10.0 Å². The minimum Gasteiger partial charge on any atom is -0.315 e. The lowest BCUT2D eigenvalue weighted by atomic mass is 10.1. The Balaban J connectivity index is 1.63. The van der Waals surface area contributed by atoms with Crippen molar-refractivity contribution < 1.29 is 9.59 Å². The molecule has 0 radical (unpaired) electrons. The van der Waals surface area contributed by atoms with Crippen LogP contribution in [0.4, 0.5) is 16.3 Å². The molecule has 0 fully saturated rings. The van der Waals surface area contributed by atoms with E-state index in [-0.39, 0.29) is 17.5 Å². The van der Waals surface area contributed by atoms with Gasteiger partial charge in [-0.05, 0) is 50.1 Å². The zero-order valence-electron chi connectivity index (χ0n) is 22.2. The van der Waals surface area contributed by atoms with Crippen LogP contribution in [-0.2, 0) is 4.79 Å². The van der Waals surface area contributed by atoms with Crippen molar-refractivity contribution >= 4 is 46.6 Å². The molecule has 202 valence electrons. The molecule has 0 saturated heterocycles. The monoisotopic (exact) mass is 563 g/mol. The highest BCUT2D eigenvalue weighted by atomic mass is 35.5. The third-order valence-corrected chi connectivity index (χ3v) is 7.07. The average molecular weight is 565 g/mol. The summed E-state index contributed by atoms with van der Waals surface area (Å²) >= 11 is 12.4. The van der Waals surface area contributed by atoms with Crippen molar-refractivity contribution in [1.29, 1.82) is 0 Å². The first-order valence-electron chi connectivity index (χ1n) is 12.8. The second kappa shape index (κ2) is 12.8. The molecule has 4 rings (SSSR count). The van der Waals surface area contributed by atoms with Gasteiger partial charge in [0.1, 0.15) is 12.4 Å². The van der Waals surface area contributed by atoms with Crippen LogP contribution in [0.5, 0.6) is 0 Å². The van der Waals surface area contributed by atoms with Crippen LogP contribution in [0.15, 0.2) is 72.8 Å². The van der Waals surface area contributed by atoms with E-state index in [1.165, 1.54) is 4.90 Å². The fraction of sp³-hybridized carbons (Fsp3) is 0.233. The predicted octanol–water partition coefficient (Wildman–Crippen LogP) is 7.74. The van der Waals surface area contributed by atoms with E-state index in [0.29, 0.717) is 23.1 Å². The number of carbonyl (C=O) groups is 2. The van der Waals surface area contributed by atoms with E-state index >= 15 is 0 Å². The predicted molar refractivity (Wildman–Crippen MR) is 159 cm³/mol. The van der Waals surface area contributed by atoms with Crippen molar-refractivity contribution in [1.82, 2.24) is 14.7 Å². The van der Waals surface area contributed by atoms with Gasteiger partial charge in [0.25, 0.3) is 0 Å². The van der Waals surface area contributed by atoms with E-state index in [0.717, 1.165) is 40.9 Å². The van der Waals surface area contributed by atoms with Gasteiger partial charge in [-0.25, -0.2) is 9.48 Å². The Morgan fingerprint density at radius 1 is 0.923 bits per heavy atom. The van der Waals surface area contributed by atoms with Gasteiger partial charge in [-0.1, -0.05) is 90.6 Å². The molecule has 7 nitrogen and oxygen atoms in total. The van der Waals surface area contributed by atoms with Crippen molar-refractivity contribution in [2.45, 2.75) is 33.6 Å². The Labute approximate surface area is 238 Å². The summed E-state index contributed by atoms with van der Waals surface area (Å²) in [5, 5.41) is 11.2. The summed E-state index contributed by atoms with van der Waals surface area (Å²) in [5.74, 6) is 0.199.